The molecule has 0 aromatic rings. The molecular weight excluding hydrogens is 342 g/mol. The van der Waals surface area contributed by atoms with E-state index in [0.29, 0.717) is 32.4 Å². The Kier molecular flexibility index (Phi) is 6.71. The Bertz CT molecular complexity index is 534. The van der Waals surface area contributed by atoms with Gasteiger partial charge in [0.2, 0.25) is 15.9 Å². The Morgan fingerprint density at radius 2 is 1.60 bits per heavy atom. The molecule has 3 saturated heterocycles. The van der Waals surface area contributed by atoms with Crippen LogP contribution in [-0.4, -0.2) is 93.2 Å². The first kappa shape index (κ1) is 19.1. The molecule has 3 aliphatic heterocycles. The van der Waals surface area contributed by atoms with Crippen LogP contribution < -0.4 is 0 Å². The third kappa shape index (κ3) is 5.15. The average molecular weight is 374 g/mol. The van der Waals surface area contributed by atoms with Gasteiger partial charge in [-0.1, -0.05) is 0 Å². The third-order valence-corrected chi connectivity index (χ3v) is 7.55. The molecule has 144 valence electrons. The summed E-state index contributed by atoms with van der Waals surface area (Å²) in [5, 5.41) is 0. The van der Waals surface area contributed by atoms with Crippen LogP contribution >= 0.6 is 0 Å². The van der Waals surface area contributed by atoms with Gasteiger partial charge in [0.05, 0.1) is 19.0 Å². The van der Waals surface area contributed by atoms with Crippen LogP contribution in [0.1, 0.15) is 32.1 Å². The highest BCUT2D eigenvalue weighted by Crippen LogP contribution is 2.24. The molecule has 3 rings (SSSR count). The van der Waals surface area contributed by atoms with Crippen molar-refractivity contribution < 1.29 is 17.9 Å². The van der Waals surface area contributed by atoms with Crippen LogP contribution in [-0.2, 0) is 19.6 Å². The standard InChI is InChI=1S/C17H31N3O4S/c21-17(19-7-1-2-8-19)16-4-9-20(10-5-16)25(22,23)15-3-6-18-11-13-24-14-12-18/h16H,1-15H2. The van der Waals surface area contributed by atoms with Crippen LogP contribution in [0, 0.1) is 5.92 Å². The van der Waals surface area contributed by atoms with Crippen molar-refractivity contribution in [1.29, 1.82) is 0 Å². The second-order valence-corrected chi connectivity index (χ2v) is 9.42. The highest BCUT2D eigenvalue weighted by molar-refractivity contribution is 7.89. The molecule has 0 N–H and O–H groups in total. The zero-order valence-corrected chi connectivity index (χ0v) is 15.9. The van der Waals surface area contributed by atoms with Crippen molar-refractivity contribution in [3.8, 4) is 0 Å². The fourth-order valence-electron chi connectivity index (χ4n) is 4.00. The van der Waals surface area contributed by atoms with E-state index in [0.717, 1.165) is 58.8 Å². The number of likely N-dealkylation sites (tertiary alicyclic amines) is 1. The van der Waals surface area contributed by atoms with Gasteiger partial charge in [-0.3, -0.25) is 9.69 Å². The summed E-state index contributed by atoms with van der Waals surface area (Å²) < 4.78 is 32.0. The molecule has 0 aromatic carbocycles. The minimum atomic E-state index is -3.20. The smallest absolute Gasteiger partial charge is 0.225 e. The predicted molar refractivity (Wildman–Crippen MR) is 95.8 cm³/mol. The van der Waals surface area contributed by atoms with Gasteiger partial charge in [-0.15, -0.1) is 0 Å². The maximum absolute atomic E-state index is 12.5. The van der Waals surface area contributed by atoms with Gasteiger partial charge in [-0.05, 0) is 38.6 Å². The summed E-state index contributed by atoms with van der Waals surface area (Å²) >= 11 is 0. The minimum absolute atomic E-state index is 0.0119. The fourth-order valence-corrected chi connectivity index (χ4v) is 5.52. The number of hydrogen-bond acceptors (Lipinski definition) is 5. The molecule has 3 heterocycles. The third-order valence-electron chi connectivity index (χ3n) is 5.59. The van der Waals surface area contributed by atoms with Crippen LogP contribution in [0.3, 0.4) is 0 Å². The molecule has 0 aliphatic carbocycles. The summed E-state index contributed by atoms with van der Waals surface area (Å²) in [6.45, 7) is 6.81. The Hall–Kier alpha value is -0.700. The van der Waals surface area contributed by atoms with Gasteiger partial charge in [-0.25, -0.2) is 12.7 Å². The van der Waals surface area contributed by atoms with Gasteiger partial charge in [0, 0.05) is 45.2 Å². The number of piperidine rings is 1. The first-order chi connectivity index (χ1) is 12.1. The summed E-state index contributed by atoms with van der Waals surface area (Å²) in [7, 11) is -3.20. The number of rotatable bonds is 6. The topological polar surface area (TPSA) is 70.2 Å². The zero-order valence-electron chi connectivity index (χ0n) is 15.1. The molecule has 0 aromatic heterocycles. The lowest BCUT2D eigenvalue weighted by atomic mass is 9.97. The van der Waals surface area contributed by atoms with Crippen molar-refractivity contribution in [2.45, 2.75) is 32.1 Å². The van der Waals surface area contributed by atoms with Crippen molar-refractivity contribution in [3.05, 3.63) is 0 Å². The molecule has 25 heavy (non-hydrogen) atoms. The van der Waals surface area contributed by atoms with Gasteiger partial charge in [0.1, 0.15) is 0 Å². The van der Waals surface area contributed by atoms with E-state index < -0.39 is 10.0 Å². The van der Waals surface area contributed by atoms with Crippen LogP contribution in [0.4, 0.5) is 0 Å². The number of amides is 1. The van der Waals surface area contributed by atoms with E-state index in [9.17, 15) is 13.2 Å². The second-order valence-electron chi connectivity index (χ2n) is 7.33. The van der Waals surface area contributed by atoms with E-state index in [2.05, 4.69) is 4.90 Å². The Morgan fingerprint density at radius 3 is 2.24 bits per heavy atom. The fraction of sp³-hybridized carbons (Fsp3) is 0.941. The largest absolute Gasteiger partial charge is 0.379 e. The first-order valence-electron chi connectivity index (χ1n) is 9.63. The van der Waals surface area contributed by atoms with Crippen molar-refractivity contribution in [3.63, 3.8) is 0 Å². The number of carbonyl (C=O) groups is 1. The number of sulfonamides is 1. The van der Waals surface area contributed by atoms with Gasteiger partial charge in [0.15, 0.2) is 0 Å². The van der Waals surface area contributed by atoms with Crippen LogP contribution in [0.15, 0.2) is 0 Å². The van der Waals surface area contributed by atoms with Crippen molar-refractivity contribution in [2.75, 3.05) is 64.8 Å². The molecule has 0 unspecified atom stereocenters. The molecule has 0 bridgehead atoms. The molecule has 7 nitrogen and oxygen atoms in total. The number of morpholine rings is 1. The number of ether oxygens (including phenoxy) is 1. The molecule has 3 fully saturated rings. The lowest BCUT2D eigenvalue weighted by Crippen LogP contribution is -2.44. The highest BCUT2D eigenvalue weighted by Gasteiger charge is 2.33. The summed E-state index contributed by atoms with van der Waals surface area (Å²) in [5.74, 6) is 0.453. The van der Waals surface area contributed by atoms with Gasteiger partial charge in [0.25, 0.3) is 0 Å². The van der Waals surface area contributed by atoms with E-state index in [1.807, 2.05) is 4.90 Å². The normalized spacial score (nSPS) is 24.7. The van der Waals surface area contributed by atoms with E-state index >= 15 is 0 Å². The molecule has 0 radical (unpaired) electrons. The number of hydrogen-bond donors (Lipinski definition) is 0. The van der Waals surface area contributed by atoms with E-state index in [1.54, 1.807) is 4.31 Å². The van der Waals surface area contributed by atoms with Crippen LogP contribution in [0.5, 0.6) is 0 Å². The molecule has 0 atom stereocenters. The van der Waals surface area contributed by atoms with Crippen molar-refractivity contribution >= 4 is 15.9 Å². The highest BCUT2D eigenvalue weighted by atomic mass is 32.2. The lowest BCUT2D eigenvalue weighted by Gasteiger charge is -2.32. The molecule has 0 saturated carbocycles. The maximum Gasteiger partial charge on any atom is 0.225 e. The number of carbonyl (C=O) groups excluding carboxylic acids is 1. The SMILES string of the molecule is O=C(C1CCN(S(=O)(=O)CCCN2CCOCC2)CC1)N1CCCC1. The van der Waals surface area contributed by atoms with Crippen molar-refractivity contribution in [2.24, 2.45) is 5.92 Å². The second kappa shape index (κ2) is 8.79. The number of nitrogens with zero attached hydrogens (tertiary/aromatic N) is 3. The Morgan fingerprint density at radius 1 is 0.960 bits per heavy atom. The minimum Gasteiger partial charge on any atom is -0.379 e. The average Bonchev–Trinajstić information content (AvgIpc) is 3.17. The van der Waals surface area contributed by atoms with E-state index in [4.69, 9.17) is 4.74 Å². The molecule has 3 aliphatic rings. The van der Waals surface area contributed by atoms with Gasteiger partial charge in [-0.2, -0.15) is 0 Å². The Labute approximate surface area is 151 Å². The molecule has 8 heteroatoms. The maximum atomic E-state index is 12.5. The summed E-state index contributed by atoms with van der Waals surface area (Å²) in [4.78, 5) is 16.7. The lowest BCUT2D eigenvalue weighted by molar-refractivity contribution is -0.135. The molecular formula is C17H31N3O4S. The van der Waals surface area contributed by atoms with Crippen LogP contribution in [0.25, 0.3) is 0 Å². The van der Waals surface area contributed by atoms with E-state index in [-0.39, 0.29) is 17.6 Å². The molecule has 0 spiro atoms. The van der Waals surface area contributed by atoms with Gasteiger partial charge < -0.3 is 9.64 Å². The summed E-state index contributed by atoms with van der Waals surface area (Å²) in [6, 6.07) is 0. The van der Waals surface area contributed by atoms with E-state index in [1.165, 1.54) is 0 Å². The zero-order chi connectivity index (χ0) is 17.7. The quantitative estimate of drug-likeness (QED) is 0.673. The first-order valence-corrected chi connectivity index (χ1v) is 11.2. The molecule has 1 amide bonds. The monoisotopic (exact) mass is 373 g/mol. The predicted octanol–water partition coefficient (Wildman–Crippen LogP) is 0.373. The summed E-state index contributed by atoms with van der Waals surface area (Å²) in [6.07, 6.45) is 4.19. The van der Waals surface area contributed by atoms with Gasteiger partial charge >= 0.3 is 0 Å². The van der Waals surface area contributed by atoms with Crippen molar-refractivity contribution in [1.82, 2.24) is 14.1 Å². The Balaban J connectivity index is 1.40. The van der Waals surface area contributed by atoms with Crippen LogP contribution in [0.2, 0.25) is 0 Å². The summed E-state index contributed by atoms with van der Waals surface area (Å²) in [5.41, 5.74) is 0.